The number of halogens is 4. The number of amides is 1. The molecule has 4 rings (SSSR count). The highest BCUT2D eigenvalue weighted by atomic mass is 19.4. The maximum atomic E-state index is 14.2. The molecule has 4 aromatic rings. The van der Waals surface area contributed by atoms with Gasteiger partial charge in [0, 0.05) is 28.7 Å². The number of rotatable bonds is 6. The van der Waals surface area contributed by atoms with Crippen LogP contribution in [0.4, 0.5) is 23.2 Å². The average Bonchev–Trinajstić information content (AvgIpc) is 3.13. The number of nitrogens with zero attached hydrogens (tertiary/aromatic N) is 1. The van der Waals surface area contributed by atoms with Crippen LogP contribution in [0.3, 0.4) is 0 Å². The van der Waals surface area contributed by atoms with Gasteiger partial charge in [0.05, 0.1) is 16.8 Å². The number of carbonyl (C=O) groups excluding carboxylic acids is 1. The first-order chi connectivity index (χ1) is 17.1. The second kappa shape index (κ2) is 9.89. The molecule has 0 aliphatic rings. The van der Waals surface area contributed by atoms with Gasteiger partial charge in [-0.3, -0.25) is 4.79 Å². The Morgan fingerprint density at radius 2 is 1.67 bits per heavy atom. The Bertz CT molecular complexity index is 1420. The van der Waals surface area contributed by atoms with Crippen LogP contribution in [0.5, 0.6) is 5.75 Å². The highest BCUT2D eigenvalue weighted by Gasteiger charge is 2.34. The summed E-state index contributed by atoms with van der Waals surface area (Å²) in [6.45, 7) is 4.94. The number of aromatic nitrogens is 1. The summed E-state index contributed by atoms with van der Waals surface area (Å²) in [6.07, 6.45) is -4.54. The van der Waals surface area contributed by atoms with Gasteiger partial charge in [0.2, 0.25) is 0 Å². The van der Waals surface area contributed by atoms with Gasteiger partial charge < -0.3 is 14.6 Å². The van der Waals surface area contributed by atoms with Crippen molar-refractivity contribution in [2.45, 2.75) is 33.6 Å². The van der Waals surface area contributed by atoms with E-state index >= 15 is 0 Å². The van der Waals surface area contributed by atoms with Crippen molar-refractivity contribution in [2.24, 2.45) is 0 Å². The van der Waals surface area contributed by atoms with Crippen LogP contribution in [0.2, 0.25) is 0 Å². The van der Waals surface area contributed by atoms with Crippen molar-refractivity contribution in [1.82, 2.24) is 4.57 Å². The molecule has 0 atom stereocenters. The highest BCUT2D eigenvalue weighted by Crippen LogP contribution is 2.35. The largest absolute Gasteiger partial charge is 0.489 e. The average molecular weight is 497 g/mol. The summed E-state index contributed by atoms with van der Waals surface area (Å²) in [5.74, 6) is -0.372. The summed E-state index contributed by atoms with van der Waals surface area (Å²) in [6, 6.07) is 18.5. The molecule has 1 amide bonds. The zero-order valence-corrected chi connectivity index (χ0v) is 19.9. The molecule has 4 nitrogen and oxygen atoms in total. The predicted molar refractivity (Wildman–Crippen MR) is 130 cm³/mol. The molecule has 0 aliphatic carbocycles. The summed E-state index contributed by atoms with van der Waals surface area (Å²) in [7, 11) is 0. The Morgan fingerprint density at radius 1 is 0.944 bits per heavy atom. The lowest BCUT2D eigenvalue weighted by Crippen LogP contribution is -2.15. The van der Waals surface area contributed by atoms with Crippen LogP contribution >= 0.6 is 0 Å². The second-order valence-electron chi connectivity index (χ2n) is 8.45. The van der Waals surface area contributed by atoms with Gasteiger partial charge in [0.15, 0.2) is 0 Å². The molecule has 1 N–H and O–H groups in total. The lowest BCUT2D eigenvalue weighted by molar-refractivity contribution is -0.137. The van der Waals surface area contributed by atoms with Crippen LogP contribution < -0.4 is 10.1 Å². The zero-order valence-electron chi connectivity index (χ0n) is 19.9. The molecule has 0 bridgehead atoms. The molecule has 0 unspecified atom stereocenters. The van der Waals surface area contributed by atoms with E-state index in [0.717, 1.165) is 6.07 Å². The Balaban J connectivity index is 1.55. The number of anilines is 1. The number of alkyl halides is 3. The van der Waals surface area contributed by atoms with Crippen LogP contribution in [0.15, 0.2) is 72.8 Å². The SMILES string of the molecule is Cc1cccc(COc2cccc(NC(=O)c3cc(C)n(-c4ccccc4C(F)(F)F)c3C)c2)c1F. The molecule has 186 valence electrons. The third-order valence-corrected chi connectivity index (χ3v) is 5.88. The molecule has 0 fully saturated rings. The minimum Gasteiger partial charge on any atom is -0.489 e. The van der Waals surface area contributed by atoms with Gasteiger partial charge in [0.25, 0.3) is 5.91 Å². The van der Waals surface area contributed by atoms with Crippen molar-refractivity contribution >= 4 is 11.6 Å². The Hall–Kier alpha value is -4.07. The van der Waals surface area contributed by atoms with Gasteiger partial charge in [-0.15, -0.1) is 0 Å². The van der Waals surface area contributed by atoms with Gasteiger partial charge in [-0.05, 0) is 56.7 Å². The van der Waals surface area contributed by atoms with Crippen molar-refractivity contribution in [2.75, 3.05) is 5.32 Å². The fraction of sp³-hybridized carbons (Fsp3) is 0.179. The maximum absolute atomic E-state index is 14.2. The van der Waals surface area contributed by atoms with E-state index in [1.54, 1.807) is 69.3 Å². The third kappa shape index (κ3) is 5.12. The van der Waals surface area contributed by atoms with Crippen molar-refractivity contribution in [3.8, 4) is 11.4 Å². The summed E-state index contributed by atoms with van der Waals surface area (Å²) < 4.78 is 62.1. The topological polar surface area (TPSA) is 43.3 Å². The number of nitrogens with one attached hydrogen (secondary N) is 1. The number of hydrogen-bond donors (Lipinski definition) is 1. The molecule has 1 aromatic heterocycles. The molecule has 3 aromatic carbocycles. The first kappa shape index (κ1) is 25.0. The molecule has 0 radical (unpaired) electrons. The van der Waals surface area contributed by atoms with E-state index in [-0.39, 0.29) is 23.7 Å². The van der Waals surface area contributed by atoms with E-state index in [4.69, 9.17) is 4.74 Å². The lowest BCUT2D eigenvalue weighted by Gasteiger charge is -2.17. The molecule has 1 heterocycles. The minimum absolute atomic E-state index is 0.0185. The molecule has 0 saturated heterocycles. The second-order valence-corrected chi connectivity index (χ2v) is 8.45. The number of benzene rings is 3. The van der Waals surface area contributed by atoms with E-state index in [0.29, 0.717) is 34.0 Å². The fourth-order valence-corrected chi connectivity index (χ4v) is 4.11. The highest BCUT2D eigenvalue weighted by molar-refractivity contribution is 6.05. The quantitative estimate of drug-likeness (QED) is 0.283. The van der Waals surface area contributed by atoms with Crippen LogP contribution in [0.1, 0.15) is 38.4 Å². The third-order valence-electron chi connectivity index (χ3n) is 5.88. The fourth-order valence-electron chi connectivity index (χ4n) is 4.11. The molecule has 0 aliphatic heterocycles. The molecular weight excluding hydrogens is 472 g/mol. The van der Waals surface area contributed by atoms with E-state index in [9.17, 15) is 22.4 Å². The number of aryl methyl sites for hydroxylation is 2. The monoisotopic (exact) mass is 496 g/mol. The standard InChI is InChI=1S/C28H24F4N2O2/c1-17-8-6-9-20(26(17)29)16-36-22-11-7-10-21(15-22)33-27(35)23-14-18(2)34(19(23)3)25-13-5-4-12-24(25)28(30,31)32/h4-15H,16H2,1-3H3,(H,33,35). The van der Waals surface area contributed by atoms with Crippen molar-refractivity contribution in [1.29, 1.82) is 0 Å². The number of hydrogen-bond acceptors (Lipinski definition) is 2. The number of ether oxygens (including phenoxy) is 1. The molecular formula is C28H24F4N2O2. The Labute approximate surface area is 206 Å². The zero-order chi connectivity index (χ0) is 26.0. The van der Waals surface area contributed by atoms with Gasteiger partial charge in [0.1, 0.15) is 18.2 Å². The van der Waals surface area contributed by atoms with Crippen LogP contribution in [-0.4, -0.2) is 10.5 Å². The summed E-state index contributed by atoms with van der Waals surface area (Å²) in [4.78, 5) is 13.0. The summed E-state index contributed by atoms with van der Waals surface area (Å²) in [5, 5.41) is 2.77. The van der Waals surface area contributed by atoms with Crippen LogP contribution in [0, 0.1) is 26.6 Å². The molecule has 0 spiro atoms. The summed E-state index contributed by atoms with van der Waals surface area (Å²) >= 11 is 0. The maximum Gasteiger partial charge on any atom is 0.418 e. The Kier molecular flexibility index (Phi) is 6.88. The van der Waals surface area contributed by atoms with Crippen LogP contribution in [-0.2, 0) is 12.8 Å². The van der Waals surface area contributed by atoms with Gasteiger partial charge in [-0.1, -0.05) is 36.4 Å². The Morgan fingerprint density at radius 3 is 2.42 bits per heavy atom. The number of carbonyl (C=O) groups is 1. The predicted octanol–water partition coefficient (Wildman–Crippen LogP) is 7.39. The lowest BCUT2D eigenvalue weighted by atomic mass is 10.1. The van der Waals surface area contributed by atoms with Gasteiger partial charge in [-0.25, -0.2) is 4.39 Å². The minimum atomic E-state index is -4.54. The first-order valence-electron chi connectivity index (χ1n) is 11.2. The smallest absolute Gasteiger partial charge is 0.418 e. The van der Waals surface area contributed by atoms with E-state index in [2.05, 4.69) is 5.32 Å². The first-order valence-corrected chi connectivity index (χ1v) is 11.2. The van der Waals surface area contributed by atoms with E-state index in [1.165, 1.54) is 22.8 Å². The van der Waals surface area contributed by atoms with Crippen molar-refractivity contribution < 1.29 is 27.1 Å². The van der Waals surface area contributed by atoms with Gasteiger partial charge >= 0.3 is 6.18 Å². The summed E-state index contributed by atoms with van der Waals surface area (Å²) in [5.41, 5.74) is 1.66. The van der Waals surface area contributed by atoms with Gasteiger partial charge in [-0.2, -0.15) is 13.2 Å². The van der Waals surface area contributed by atoms with E-state index < -0.39 is 17.6 Å². The normalized spacial score (nSPS) is 11.4. The van der Waals surface area contributed by atoms with Crippen molar-refractivity contribution in [3.63, 3.8) is 0 Å². The molecule has 36 heavy (non-hydrogen) atoms. The van der Waals surface area contributed by atoms with Crippen LogP contribution in [0.25, 0.3) is 5.69 Å². The van der Waals surface area contributed by atoms with Crippen molar-refractivity contribution in [3.05, 3.63) is 112 Å². The molecule has 8 heteroatoms. The molecule has 0 saturated carbocycles. The number of para-hydroxylation sites is 1. The van der Waals surface area contributed by atoms with E-state index in [1.807, 2.05) is 0 Å².